The summed E-state index contributed by atoms with van der Waals surface area (Å²) in [5.41, 5.74) is 1.22. The van der Waals surface area contributed by atoms with Gasteiger partial charge in [0.05, 0.1) is 6.54 Å². The normalized spacial score (nSPS) is 17.5. The van der Waals surface area contributed by atoms with Crippen LogP contribution in [0.3, 0.4) is 0 Å². The summed E-state index contributed by atoms with van der Waals surface area (Å²) in [6.45, 7) is 10.6. The van der Waals surface area contributed by atoms with E-state index in [1.165, 1.54) is 31.5 Å². The van der Waals surface area contributed by atoms with Crippen LogP contribution in [-0.4, -0.2) is 42.6 Å². The first kappa shape index (κ1) is 18.3. The van der Waals surface area contributed by atoms with Gasteiger partial charge < -0.3 is 15.5 Å². The lowest BCUT2D eigenvalue weighted by Gasteiger charge is -2.35. The van der Waals surface area contributed by atoms with Crippen LogP contribution < -0.4 is 10.6 Å². The van der Waals surface area contributed by atoms with Crippen LogP contribution >= 0.6 is 15.9 Å². The Balaban J connectivity index is 1.88. The van der Waals surface area contributed by atoms with Gasteiger partial charge in [-0.25, -0.2) is 4.99 Å². The molecule has 5 heteroatoms. The molecular weight excluding hydrogens is 352 g/mol. The summed E-state index contributed by atoms with van der Waals surface area (Å²) in [4.78, 5) is 7.27. The summed E-state index contributed by atoms with van der Waals surface area (Å²) in [5.74, 6) is 0.929. The van der Waals surface area contributed by atoms with E-state index in [0.29, 0.717) is 18.6 Å². The molecule has 1 aliphatic heterocycles. The molecule has 1 heterocycles. The molecule has 0 aliphatic carbocycles. The van der Waals surface area contributed by atoms with Crippen molar-refractivity contribution in [3.8, 4) is 0 Å². The number of likely N-dealkylation sites (tertiary alicyclic amines) is 1. The summed E-state index contributed by atoms with van der Waals surface area (Å²) in [6.07, 6.45) is 2.36. The van der Waals surface area contributed by atoms with Gasteiger partial charge in [0.1, 0.15) is 0 Å². The minimum absolute atomic E-state index is 0.521. The Morgan fingerprint density at radius 1 is 1.26 bits per heavy atom. The van der Waals surface area contributed by atoms with Gasteiger partial charge in [-0.05, 0) is 51.3 Å². The maximum atomic E-state index is 4.73. The van der Waals surface area contributed by atoms with Crippen LogP contribution in [-0.2, 0) is 6.54 Å². The monoisotopic (exact) mass is 380 g/mol. The third-order valence-electron chi connectivity index (χ3n) is 4.28. The van der Waals surface area contributed by atoms with Crippen molar-refractivity contribution < 1.29 is 0 Å². The highest BCUT2D eigenvalue weighted by Crippen LogP contribution is 2.13. The molecule has 0 atom stereocenters. The highest BCUT2D eigenvalue weighted by Gasteiger charge is 2.21. The van der Waals surface area contributed by atoms with Crippen LogP contribution in [0.2, 0.25) is 0 Å². The Kier molecular flexibility index (Phi) is 7.37. The Labute approximate surface area is 148 Å². The van der Waals surface area contributed by atoms with E-state index in [2.05, 4.69) is 76.5 Å². The maximum Gasteiger partial charge on any atom is 0.191 e. The lowest BCUT2D eigenvalue weighted by molar-refractivity contribution is 0.167. The number of nitrogens with one attached hydrogen (secondary N) is 2. The van der Waals surface area contributed by atoms with Gasteiger partial charge in [-0.2, -0.15) is 0 Å². The number of guanidine groups is 1. The first-order valence-electron chi connectivity index (χ1n) is 8.61. The van der Waals surface area contributed by atoms with Crippen molar-refractivity contribution in [2.75, 3.05) is 19.6 Å². The molecule has 0 amide bonds. The average molecular weight is 381 g/mol. The van der Waals surface area contributed by atoms with Crippen molar-refractivity contribution in [3.63, 3.8) is 0 Å². The van der Waals surface area contributed by atoms with Crippen LogP contribution in [0.1, 0.15) is 39.2 Å². The Bertz CT molecular complexity index is 490. The number of nitrogens with zero attached hydrogens (tertiary/aromatic N) is 2. The van der Waals surface area contributed by atoms with Gasteiger partial charge in [0.25, 0.3) is 0 Å². The van der Waals surface area contributed by atoms with Crippen LogP contribution in [0, 0.1) is 0 Å². The lowest BCUT2D eigenvalue weighted by Crippen LogP contribution is -2.49. The van der Waals surface area contributed by atoms with Crippen molar-refractivity contribution in [2.45, 2.75) is 52.2 Å². The Morgan fingerprint density at radius 3 is 2.48 bits per heavy atom. The largest absolute Gasteiger partial charge is 0.357 e. The summed E-state index contributed by atoms with van der Waals surface area (Å²) < 4.78 is 1.10. The smallest absolute Gasteiger partial charge is 0.191 e. The minimum Gasteiger partial charge on any atom is -0.357 e. The fraction of sp³-hybridized carbons (Fsp3) is 0.611. The van der Waals surface area contributed by atoms with Crippen molar-refractivity contribution in [1.82, 2.24) is 15.5 Å². The zero-order valence-corrected chi connectivity index (χ0v) is 16.1. The zero-order chi connectivity index (χ0) is 16.7. The van der Waals surface area contributed by atoms with E-state index in [0.717, 1.165) is 17.0 Å². The molecule has 0 bridgehead atoms. The zero-order valence-electron chi connectivity index (χ0n) is 14.5. The molecular formula is C18H29BrN4. The molecule has 1 aromatic carbocycles. The van der Waals surface area contributed by atoms with Crippen LogP contribution in [0.5, 0.6) is 0 Å². The molecule has 0 spiro atoms. The number of hydrogen-bond donors (Lipinski definition) is 2. The third kappa shape index (κ3) is 6.15. The van der Waals surface area contributed by atoms with Crippen molar-refractivity contribution in [2.24, 2.45) is 4.99 Å². The van der Waals surface area contributed by atoms with Crippen LogP contribution in [0.4, 0.5) is 0 Å². The van der Waals surface area contributed by atoms with Gasteiger partial charge in [0.2, 0.25) is 0 Å². The van der Waals surface area contributed by atoms with E-state index in [1.807, 2.05) is 0 Å². The van der Waals surface area contributed by atoms with E-state index in [-0.39, 0.29) is 0 Å². The number of benzene rings is 1. The predicted octanol–water partition coefficient (Wildman–Crippen LogP) is 3.38. The highest BCUT2D eigenvalue weighted by atomic mass is 79.9. The van der Waals surface area contributed by atoms with E-state index >= 15 is 0 Å². The summed E-state index contributed by atoms with van der Waals surface area (Å²) in [6, 6.07) is 9.51. The van der Waals surface area contributed by atoms with E-state index < -0.39 is 0 Å². The maximum absolute atomic E-state index is 4.73. The van der Waals surface area contributed by atoms with Gasteiger partial charge >= 0.3 is 0 Å². The number of halogens is 1. The van der Waals surface area contributed by atoms with Gasteiger partial charge in [-0.3, -0.25) is 0 Å². The average Bonchev–Trinajstić information content (AvgIpc) is 2.55. The molecule has 1 fully saturated rings. The van der Waals surface area contributed by atoms with Gasteiger partial charge in [0.15, 0.2) is 5.96 Å². The number of rotatable bonds is 5. The van der Waals surface area contributed by atoms with Gasteiger partial charge in [-0.1, -0.05) is 28.1 Å². The Hall–Kier alpha value is -1.07. The molecule has 0 radical (unpaired) electrons. The second-order valence-corrected chi connectivity index (χ2v) is 7.29. The fourth-order valence-corrected chi connectivity index (χ4v) is 3.10. The molecule has 2 rings (SSSR count). The third-order valence-corrected chi connectivity index (χ3v) is 4.81. The molecule has 1 aromatic rings. The molecule has 2 N–H and O–H groups in total. The summed E-state index contributed by atoms with van der Waals surface area (Å²) >= 11 is 3.47. The fourth-order valence-electron chi connectivity index (χ4n) is 2.83. The topological polar surface area (TPSA) is 39.7 Å². The van der Waals surface area contributed by atoms with Crippen LogP contribution in [0.25, 0.3) is 0 Å². The first-order valence-corrected chi connectivity index (χ1v) is 9.41. The van der Waals surface area contributed by atoms with Crippen molar-refractivity contribution in [1.29, 1.82) is 0 Å². The molecule has 0 unspecified atom stereocenters. The highest BCUT2D eigenvalue weighted by molar-refractivity contribution is 9.10. The second kappa shape index (κ2) is 9.28. The molecule has 0 aromatic heterocycles. The standard InChI is InChI=1S/C18H29BrN4/c1-4-20-18(21-13-15-5-7-16(19)8-6-15)22-17-9-11-23(12-10-17)14(2)3/h5-8,14,17H,4,9-13H2,1-3H3,(H2,20,21,22). The molecule has 1 saturated heterocycles. The van der Waals surface area contributed by atoms with E-state index in [4.69, 9.17) is 4.99 Å². The molecule has 0 saturated carbocycles. The molecule has 1 aliphatic rings. The van der Waals surface area contributed by atoms with E-state index in [1.54, 1.807) is 0 Å². The Morgan fingerprint density at radius 2 is 1.91 bits per heavy atom. The summed E-state index contributed by atoms with van der Waals surface area (Å²) in [7, 11) is 0. The van der Waals surface area contributed by atoms with Crippen LogP contribution in [0.15, 0.2) is 33.7 Å². The van der Waals surface area contributed by atoms with Crippen molar-refractivity contribution >= 4 is 21.9 Å². The molecule has 23 heavy (non-hydrogen) atoms. The SMILES string of the molecule is CCNC(=NCc1ccc(Br)cc1)NC1CCN(C(C)C)CC1. The number of aliphatic imine (C=N–C) groups is 1. The summed E-state index contributed by atoms with van der Waals surface area (Å²) in [5, 5.41) is 6.96. The van der Waals surface area contributed by atoms with Gasteiger partial charge in [-0.15, -0.1) is 0 Å². The quantitative estimate of drug-likeness (QED) is 0.607. The number of hydrogen-bond acceptors (Lipinski definition) is 2. The molecule has 128 valence electrons. The number of piperidine rings is 1. The predicted molar refractivity (Wildman–Crippen MR) is 102 cm³/mol. The van der Waals surface area contributed by atoms with E-state index in [9.17, 15) is 0 Å². The minimum atomic E-state index is 0.521. The lowest BCUT2D eigenvalue weighted by atomic mass is 10.0. The molecule has 4 nitrogen and oxygen atoms in total. The van der Waals surface area contributed by atoms with Crippen molar-refractivity contribution in [3.05, 3.63) is 34.3 Å². The first-order chi connectivity index (χ1) is 11.1. The van der Waals surface area contributed by atoms with Gasteiger partial charge in [0, 0.05) is 36.2 Å². The second-order valence-electron chi connectivity index (χ2n) is 6.37.